The first kappa shape index (κ1) is 15.5. The maximum atomic E-state index is 11.8. The fourth-order valence-electron chi connectivity index (χ4n) is 2.20. The van der Waals surface area contributed by atoms with Crippen LogP contribution in [0.2, 0.25) is 0 Å². The van der Waals surface area contributed by atoms with E-state index in [0.717, 1.165) is 11.3 Å². The van der Waals surface area contributed by atoms with Gasteiger partial charge in [-0.15, -0.1) is 11.3 Å². The number of rotatable bonds is 6. The van der Waals surface area contributed by atoms with Crippen molar-refractivity contribution in [3.8, 4) is 0 Å². The van der Waals surface area contributed by atoms with Gasteiger partial charge in [-0.2, -0.15) is 0 Å². The van der Waals surface area contributed by atoms with E-state index in [-0.39, 0.29) is 24.9 Å². The summed E-state index contributed by atoms with van der Waals surface area (Å²) in [6.07, 6.45) is 2.05. The second-order valence-electron chi connectivity index (χ2n) is 5.31. The van der Waals surface area contributed by atoms with E-state index < -0.39 is 11.4 Å². The third-order valence-corrected chi connectivity index (χ3v) is 4.76. The number of carboxylic acids is 1. The molecule has 1 aliphatic rings. The molecule has 0 spiro atoms. The average molecular weight is 310 g/mol. The molecule has 2 rings (SSSR count). The molecule has 0 aliphatic heterocycles. The van der Waals surface area contributed by atoms with E-state index in [9.17, 15) is 14.4 Å². The smallest absolute Gasteiger partial charge is 0.311 e. The quantitative estimate of drug-likeness (QED) is 0.734. The highest BCUT2D eigenvalue weighted by molar-refractivity contribution is 7.13. The molecule has 2 amide bonds. The van der Waals surface area contributed by atoms with E-state index >= 15 is 0 Å². The predicted octanol–water partition coefficient (Wildman–Crippen LogP) is 1.16. The highest BCUT2D eigenvalue weighted by atomic mass is 32.1. The van der Waals surface area contributed by atoms with Gasteiger partial charge in [0.15, 0.2) is 0 Å². The maximum absolute atomic E-state index is 11.8. The van der Waals surface area contributed by atoms with E-state index in [1.807, 2.05) is 13.0 Å². The number of carbonyl (C=O) groups is 3. The molecule has 114 valence electrons. The lowest BCUT2D eigenvalue weighted by molar-refractivity contribution is -0.154. The van der Waals surface area contributed by atoms with E-state index in [2.05, 4.69) is 10.6 Å². The van der Waals surface area contributed by atoms with Crippen LogP contribution in [0.5, 0.6) is 0 Å². The molecule has 0 unspecified atom stereocenters. The molecular formula is C14H18N2O4S. The van der Waals surface area contributed by atoms with Gasteiger partial charge in [-0.25, -0.2) is 0 Å². The molecule has 1 heterocycles. The van der Waals surface area contributed by atoms with Crippen molar-refractivity contribution >= 4 is 29.1 Å². The summed E-state index contributed by atoms with van der Waals surface area (Å²) in [5.41, 5.74) is -0.815. The van der Waals surface area contributed by atoms with Crippen LogP contribution in [-0.2, 0) is 9.59 Å². The largest absolute Gasteiger partial charge is 0.481 e. The number of hydrogen-bond donors (Lipinski definition) is 3. The normalized spacial score (nSPS) is 15.9. The van der Waals surface area contributed by atoms with Crippen LogP contribution in [0.3, 0.4) is 0 Å². The van der Waals surface area contributed by atoms with Gasteiger partial charge in [-0.1, -0.05) is 6.42 Å². The number of amides is 2. The molecule has 3 N–H and O–H groups in total. The van der Waals surface area contributed by atoms with Crippen LogP contribution < -0.4 is 10.6 Å². The fraction of sp³-hybridized carbons (Fsp3) is 0.500. The molecule has 21 heavy (non-hydrogen) atoms. The average Bonchev–Trinajstić information content (AvgIpc) is 2.81. The molecule has 0 bridgehead atoms. The standard InChI is InChI=1S/C14H18N2O4S/c1-9-3-4-10(21-9)12(18)15-7-11(17)16-8-14(13(19)20)5-2-6-14/h3-4H,2,5-8H2,1H3,(H,15,18)(H,16,17)(H,19,20). The van der Waals surface area contributed by atoms with Crippen molar-refractivity contribution in [2.24, 2.45) is 5.41 Å². The summed E-state index contributed by atoms with van der Waals surface area (Å²) >= 11 is 1.36. The van der Waals surface area contributed by atoms with E-state index in [1.54, 1.807) is 6.07 Å². The van der Waals surface area contributed by atoms with Crippen molar-refractivity contribution in [3.05, 3.63) is 21.9 Å². The van der Waals surface area contributed by atoms with Gasteiger partial charge in [0.25, 0.3) is 5.91 Å². The minimum absolute atomic E-state index is 0.120. The Kier molecular flexibility index (Phi) is 4.62. The number of carboxylic acid groups (broad SMARTS) is 1. The number of carbonyl (C=O) groups excluding carboxylic acids is 2. The van der Waals surface area contributed by atoms with Crippen LogP contribution in [0.4, 0.5) is 0 Å². The summed E-state index contributed by atoms with van der Waals surface area (Å²) in [6, 6.07) is 3.55. The zero-order chi connectivity index (χ0) is 15.5. The molecular weight excluding hydrogens is 292 g/mol. The molecule has 1 saturated carbocycles. The van der Waals surface area contributed by atoms with Crippen molar-refractivity contribution in [3.63, 3.8) is 0 Å². The maximum Gasteiger partial charge on any atom is 0.311 e. The van der Waals surface area contributed by atoms with Crippen LogP contribution in [0, 0.1) is 12.3 Å². The summed E-state index contributed by atoms with van der Waals surface area (Å²) in [4.78, 5) is 36.2. The van der Waals surface area contributed by atoms with Crippen molar-refractivity contribution in [1.82, 2.24) is 10.6 Å². The molecule has 0 atom stereocenters. The molecule has 1 aromatic rings. The Balaban J connectivity index is 1.75. The first-order chi connectivity index (χ1) is 9.93. The van der Waals surface area contributed by atoms with Gasteiger partial charge < -0.3 is 15.7 Å². The highest BCUT2D eigenvalue weighted by Gasteiger charge is 2.44. The lowest BCUT2D eigenvalue weighted by atomic mass is 9.69. The fourth-order valence-corrected chi connectivity index (χ4v) is 2.99. The molecule has 1 aliphatic carbocycles. The van der Waals surface area contributed by atoms with E-state index in [0.29, 0.717) is 17.7 Å². The summed E-state index contributed by atoms with van der Waals surface area (Å²) in [7, 11) is 0. The van der Waals surface area contributed by atoms with Crippen LogP contribution >= 0.6 is 11.3 Å². The molecule has 7 heteroatoms. The van der Waals surface area contributed by atoms with Gasteiger partial charge in [0, 0.05) is 11.4 Å². The zero-order valence-electron chi connectivity index (χ0n) is 11.8. The Morgan fingerprint density at radius 3 is 2.48 bits per heavy atom. The Hall–Kier alpha value is -1.89. The van der Waals surface area contributed by atoms with E-state index in [4.69, 9.17) is 5.11 Å². The van der Waals surface area contributed by atoms with Crippen LogP contribution in [-0.4, -0.2) is 36.0 Å². The van der Waals surface area contributed by atoms with Gasteiger partial charge in [0.1, 0.15) is 0 Å². The summed E-state index contributed by atoms with van der Waals surface area (Å²) in [5, 5.41) is 14.3. The van der Waals surface area contributed by atoms with Crippen LogP contribution in [0.15, 0.2) is 12.1 Å². The van der Waals surface area contributed by atoms with E-state index in [1.165, 1.54) is 11.3 Å². The molecule has 6 nitrogen and oxygen atoms in total. The van der Waals surface area contributed by atoms with Gasteiger partial charge in [-0.3, -0.25) is 14.4 Å². The van der Waals surface area contributed by atoms with Crippen LogP contribution in [0.1, 0.15) is 33.8 Å². The molecule has 1 fully saturated rings. The number of hydrogen-bond acceptors (Lipinski definition) is 4. The van der Waals surface area contributed by atoms with Crippen LogP contribution in [0.25, 0.3) is 0 Å². The van der Waals surface area contributed by atoms with Gasteiger partial charge in [-0.05, 0) is 31.9 Å². The Bertz CT molecular complexity index is 563. The van der Waals surface area contributed by atoms with Gasteiger partial charge >= 0.3 is 5.97 Å². The zero-order valence-corrected chi connectivity index (χ0v) is 12.6. The number of aliphatic carboxylic acids is 1. The number of aryl methyl sites for hydroxylation is 1. The first-order valence-corrected chi connectivity index (χ1v) is 7.59. The highest BCUT2D eigenvalue weighted by Crippen LogP contribution is 2.40. The first-order valence-electron chi connectivity index (χ1n) is 6.78. The predicted molar refractivity (Wildman–Crippen MR) is 78.3 cm³/mol. The van der Waals surface area contributed by atoms with Crippen molar-refractivity contribution in [1.29, 1.82) is 0 Å². The molecule has 0 saturated heterocycles. The molecule has 0 aromatic carbocycles. The SMILES string of the molecule is Cc1ccc(C(=O)NCC(=O)NCC2(C(=O)O)CCC2)s1. The summed E-state index contributed by atoms with van der Waals surface area (Å²) in [5.74, 6) is -1.53. The summed E-state index contributed by atoms with van der Waals surface area (Å²) < 4.78 is 0. The number of nitrogens with one attached hydrogen (secondary N) is 2. The lowest BCUT2D eigenvalue weighted by Crippen LogP contribution is -2.49. The number of thiophene rings is 1. The minimum atomic E-state index is -0.868. The Morgan fingerprint density at radius 1 is 1.29 bits per heavy atom. The monoisotopic (exact) mass is 310 g/mol. The minimum Gasteiger partial charge on any atom is -0.481 e. The molecule has 1 aromatic heterocycles. The second-order valence-corrected chi connectivity index (χ2v) is 6.60. The third kappa shape index (κ3) is 3.60. The Morgan fingerprint density at radius 2 is 2.00 bits per heavy atom. The third-order valence-electron chi connectivity index (χ3n) is 3.76. The van der Waals surface area contributed by atoms with Gasteiger partial charge in [0.05, 0.1) is 16.8 Å². The van der Waals surface area contributed by atoms with Gasteiger partial charge in [0.2, 0.25) is 5.91 Å². The van der Waals surface area contributed by atoms with Crippen molar-refractivity contribution in [2.75, 3.05) is 13.1 Å². The molecule has 0 radical (unpaired) electrons. The topological polar surface area (TPSA) is 95.5 Å². The van der Waals surface area contributed by atoms with Crippen molar-refractivity contribution < 1.29 is 19.5 Å². The Labute approximate surface area is 126 Å². The summed E-state index contributed by atoms with van der Waals surface area (Å²) in [6.45, 7) is 1.87. The second kappa shape index (κ2) is 6.26. The van der Waals surface area contributed by atoms with Crippen molar-refractivity contribution in [2.45, 2.75) is 26.2 Å². The lowest BCUT2D eigenvalue weighted by Gasteiger charge is -2.37.